The van der Waals surface area contributed by atoms with Crippen molar-refractivity contribution in [2.24, 2.45) is 5.92 Å². The first-order valence-corrected chi connectivity index (χ1v) is 7.17. The fraction of sp³-hybridized carbons (Fsp3) is 0.571. The first-order valence-electron chi connectivity index (χ1n) is 4.14. The summed E-state index contributed by atoms with van der Waals surface area (Å²) in [6.45, 7) is 0. The second-order valence-electron chi connectivity index (χ2n) is 2.78. The predicted octanol–water partition coefficient (Wildman–Crippen LogP) is 2.62. The van der Waals surface area contributed by atoms with Crippen molar-refractivity contribution in [1.29, 1.82) is 0 Å². The minimum absolute atomic E-state index is 0.338. The highest BCUT2D eigenvalue weighted by Crippen LogP contribution is 2.34. The number of carbonyl (C=O) groups is 1. The normalized spacial score (nSPS) is 13.6. The third kappa shape index (κ3) is 4.36. The fourth-order valence-corrected chi connectivity index (χ4v) is 3.38. The fourth-order valence-electron chi connectivity index (χ4n) is 0.798. The van der Waals surface area contributed by atoms with Gasteiger partial charge in [0.1, 0.15) is 0 Å². The molecule has 0 radical (unpaired) electrons. The summed E-state index contributed by atoms with van der Waals surface area (Å²) >= 11 is 3.22. The molecule has 1 atom stereocenters. The molecule has 0 aliphatic carbocycles. The molecule has 0 saturated heterocycles. The standard InChI is InChI=1S/C7H7F3N2O2S3/c1-15-5-11-12-6(17-5)16-2-3(4(13)14)7(8,9)10/h3H,2H2,1H3,(H,13,14). The van der Waals surface area contributed by atoms with Crippen LogP contribution in [0.25, 0.3) is 0 Å². The van der Waals surface area contributed by atoms with Crippen LogP contribution in [0.15, 0.2) is 8.68 Å². The Labute approximate surface area is 107 Å². The summed E-state index contributed by atoms with van der Waals surface area (Å²) in [5.74, 6) is -4.85. The van der Waals surface area contributed by atoms with Crippen molar-refractivity contribution in [3.8, 4) is 0 Å². The Hall–Kier alpha value is -0.480. The number of nitrogens with zero attached hydrogens (tertiary/aromatic N) is 2. The molecular weight excluding hydrogens is 297 g/mol. The van der Waals surface area contributed by atoms with E-state index in [0.29, 0.717) is 8.68 Å². The van der Waals surface area contributed by atoms with Crippen molar-refractivity contribution in [2.45, 2.75) is 14.9 Å². The van der Waals surface area contributed by atoms with Gasteiger partial charge in [-0.25, -0.2) is 0 Å². The van der Waals surface area contributed by atoms with Crippen molar-refractivity contribution in [3.05, 3.63) is 0 Å². The highest BCUT2D eigenvalue weighted by Gasteiger charge is 2.45. The average molecular weight is 304 g/mol. The first kappa shape index (κ1) is 14.6. The van der Waals surface area contributed by atoms with Gasteiger partial charge in [-0.15, -0.1) is 10.2 Å². The van der Waals surface area contributed by atoms with Gasteiger partial charge in [-0.1, -0.05) is 34.9 Å². The van der Waals surface area contributed by atoms with E-state index in [9.17, 15) is 18.0 Å². The maximum atomic E-state index is 12.3. The summed E-state index contributed by atoms with van der Waals surface area (Å²) in [5, 5.41) is 15.8. The summed E-state index contributed by atoms with van der Waals surface area (Å²) in [4.78, 5) is 10.5. The van der Waals surface area contributed by atoms with Crippen LogP contribution in [0.2, 0.25) is 0 Å². The van der Waals surface area contributed by atoms with E-state index in [2.05, 4.69) is 10.2 Å². The van der Waals surface area contributed by atoms with Crippen LogP contribution in [-0.2, 0) is 4.79 Å². The van der Waals surface area contributed by atoms with E-state index in [0.717, 1.165) is 23.1 Å². The average Bonchev–Trinajstić information content (AvgIpc) is 2.63. The molecule has 0 saturated carbocycles. The quantitative estimate of drug-likeness (QED) is 0.844. The Balaban J connectivity index is 2.61. The number of thioether (sulfide) groups is 2. The van der Waals surface area contributed by atoms with Gasteiger partial charge in [-0.2, -0.15) is 13.2 Å². The van der Waals surface area contributed by atoms with Crippen LogP contribution < -0.4 is 0 Å². The van der Waals surface area contributed by atoms with Gasteiger partial charge in [0.25, 0.3) is 0 Å². The summed E-state index contributed by atoms with van der Waals surface area (Å²) in [6.07, 6.45) is -2.98. The van der Waals surface area contributed by atoms with E-state index in [1.54, 1.807) is 6.26 Å². The Morgan fingerprint density at radius 2 is 2.06 bits per heavy atom. The molecule has 0 aromatic carbocycles. The molecule has 4 nitrogen and oxygen atoms in total. The largest absolute Gasteiger partial charge is 0.481 e. The number of rotatable bonds is 5. The molecule has 0 aliphatic rings. The van der Waals surface area contributed by atoms with Crippen LogP contribution in [-0.4, -0.2) is 39.5 Å². The number of carboxylic acids is 1. The van der Waals surface area contributed by atoms with E-state index in [1.165, 1.54) is 11.8 Å². The van der Waals surface area contributed by atoms with Crippen molar-refractivity contribution >= 4 is 40.8 Å². The molecule has 1 N–H and O–H groups in total. The molecule has 1 heterocycles. The lowest BCUT2D eigenvalue weighted by Crippen LogP contribution is -2.32. The van der Waals surface area contributed by atoms with E-state index in [1.807, 2.05) is 0 Å². The van der Waals surface area contributed by atoms with Crippen molar-refractivity contribution in [1.82, 2.24) is 10.2 Å². The van der Waals surface area contributed by atoms with Crippen molar-refractivity contribution in [2.75, 3.05) is 12.0 Å². The summed E-state index contributed by atoms with van der Waals surface area (Å²) in [7, 11) is 0. The van der Waals surface area contributed by atoms with Crippen LogP contribution in [0.4, 0.5) is 13.2 Å². The van der Waals surface area contributed by atoms with E-state index < -0.39 is 23.8 Å². The first-order chi connectivity index (χ1) is 7.84. The van der Waals surface area contributed by atoms with Crippen LogP contribution >= 0.6 is 34.9 Å². The van der Waals surface area contributed by atoms with E-state index in [4.69, 9.17) is 5.11 Å². The van der Waals surface area contributed by atoms with Gasteiger partial charge in [0.15, 0.2) is 14.6 Å². The molecule has 96 valence electrons. The third-order valence-electron chi connectivity index (χ3n) is 1.63. The molecule has 0 amide bonds. The lowest BCUT2D eigenvalue weighted by Gasteiger charge is -2.14. The zero-order chi connectivity index (χ0) is 13.1. The monoisotopic (exact) mass is 304 g/mol. The van der Waals surface area contributed by atoms with Gasteiger partial charge in [-0.05, 0) is 6.26 Å². The summed E-state index contributed by atoms with van der Waals surface area (Å²) < 4.78 is 37.9. The van der Waals surface area contributed by atoms with Gasteiger partial charge in [-0.3, -0.25) is 4.79 Å². The van der Waals surface area contributed by atoms with Gasteiger partial charge >= 0.3 is 12.1 Å². The molecule has 1 rings (SSSR count). The van der Waals surface area contributed by atoms with E-state index in [-0.39, 0.29) is 0 Å². The number of carboxylic acid groups (broad SMARTS) is 1. The SMILES string of the molecule is CSc1nnc(SCC(C(=O)O)C(F)(F)F)s1. The van der Waals surface area contributed by atoms with Gasteiger partial charge in [0.05, 0.1) is 0 Å². The Morgan fingerprint density at radius 1 is 1.47 bits per heavy atom. The molecule has 10 heteroatoms. The summed E-state index contributed by atoms with van der Waals surface area (Å²) in [5.41, 5.74) is 0. The Morgan fingerprint density at radius 3 is 2.47 bits per heavy atom. The second kappa shape index (κ2) is 5.91. The molecular formula is C7H7F3N2O2S3. The number of aliphatic carboxylic acids is 1. The molecule has 0 fully saturated rings. The second-order valence-corrected chi connectivity index (χ2v) is 6.08. The number of halogens is 3. The number of hydrogen-bond donors (Lipinski definition) is 1. The Kier molecular flexibility index (Phi) is 5.07. The van der Waals surface area contributed by atoms with Crippen molar-refractivity contribution < 1.29 is 23.1 Å². The zero-order valence-corrected chi connectivity index (χ0v) is 10.8. The third-order valence-corrected chi connectivity index (χ3v) is 4.75. The van der Waals surface area contributed by atoms with E-state index >= 15 is 0 Å². The lowest BCUT2D eigenvalue weighted by molar-refractivity contribution is -0.188. The maximum absolute atomic E-state index is 12.3. The molecule has 1 unspecified atom stereocenters. The van der Waals surface area contributed by atoms with Crippen LogP contribution in [0, 0.1) is 5.92 Å². The molecule has 17 heavy (non-hydrogen) atoms. The minimum Gasteiger partial charge on any atom is -0.481 e. The van der Waals surface area contributed by atoms with Gasteiger partial charge in [0.2, 0.25) is 0 Å². The molecule has 0 bridgehead atoms. The number of hydrogen-bond acceptors (Lipinski definition) is 6. The smallest absolute Gasteiger partial charge is 0.403 e. The summed E-state index contributed by atoms with van der Waals surface area (Å²) in [6, 6.07) is 0. The van der Waals surface area contributed by atoms with Crippen molar-refractivity contribution in [3.63, 3.8) is 0 Å². The highest BCUT2D eigenvalue weighted by atomic mass is 32.2. The maximum Gasteiger partial charge on any atom is 0.403 e. The van der Waals surface area contributed by atoms with Gasteiger partial charge < -0.3 is 5.11 Å². The van der Waals surface area contributed by atoms with Crippen LogP contribution in [0.3, 0.4) is 0 Å². The topological polar surface area (TPSA) is 63.1 Å². The molecule has 0 spiro atoms. The van der Waals surface area contributed by atoms with Gasteiger partial charge in [0, 0.05) is 5.75 Å². The molecule has 1 aromatic rings. The highest BCUT2D eigenvalue weighted by molar-refractivity contribution is 8.02. The Bertz CT molecular complexity index is 396. The predicted molar refractivity (Wildman–Crippen MR) is 59.6 cm³/mol. The number of alkyl halides is 3. The lowest BCUT2D eigenvalue weighted by atomic mass is 10.2. The number of aromatic nitrogens is 2. The molecule has 0 aliphatic heterocycles. The van der Waals surface area contributed by atoms with Crippen LogP contribution in [0.1, 0.15) is 0 Å². The minimum atomic E-state index is -4.74. The zero-order valence-electron chi connectivity index (χ0n) is 8.39. The van der Waals surface area contributed by atoms with Crippen LogP contribution in [0.5, 0.6) is 0 Å². The molecule has 1 aromatic heterocycles.